The van der Waals surface area contributed by atoms with Crippen LogP contribution in [0.15, 0.2) is 0 Å². The van der Waals surface area contributed by atoms with E-state index in [0.29, 0.717) is 6.42 Å². The Morgan fingerprint density at radius 2 is 1.81 bits per heavy atom. The van der Waals surface area contributed by atoms with Gasteiger partial charge < -0.3 is 10.2 Å². The van der Waals surface area contributed by atoms with Gasteiger partial charge in [0, 0.05) is 6.54 Å². The Hall–Kier alpha value is -1.06. The summed E-state index contributed by atoms with van der Waals surface area (Å²) in [5.41, 5.74) is -0.563. The first-order valence-corrected chi connectivity index (χ1v) is 8.35. The maximum Gasteiger partial charge on any atom is 0.248 e. The molecule has 2 atom stereocenters. The third-order valence-corrected chi connectivity index (χ3v) is 5.44. The van der Waals surface area contributed by atoms with Crippen LogP contribution in [-0.2, 0) is 9.59 Å². The van der Waals surface area contributed by atoms with E-state index in [0.717, 1.165) is 19.4 Å². The average molecular weight is 294 g/mol. The van der Waals surface area contributed by atoms with Crippen molar-refractivity contribution in [3.8, 4) is 0 Å². The molecule has 2 unspecified atom stereocenters. The minimum atomic E-state index is -0.739. The zero-order valence-electron chi connectivity index (χ0n) is 14.2. The molecule has 2 fully saturated rings. The standard InChI is InChI=1S/C17H30N2O2/c1-6-17(5)15(21)19(11-16(4)9-7-8-10-16)13(12(2)3)14(20)18-17/h12-13H,6-11H2,1-5H3,(H,18,20). The maximum absolute atomic E-state index is 13.0. The van der Waals surface area contributed by atoms with Gasteiger partial charge in [-0.15, -0.1) is 0 Å². The van der Waals surface area contributed by atoms with Crippen LogP contribution < -0.4 is 5.32 Å². The number of nitrogens with zero attached hydrogens (tertiary/aromatic N) is 1. The van der Waals surface area contributed by atoms with E-state index >= 15 is 0 Å². The van der Waals surface area contributed by atoms with E-state index in [1.165, 1.54) is 12.8 Å². The predicted molar refractivity (Wildman–Crippen MR) is 83.8 cm³/mol. The molecule has 4 nitrogen and oxygen atoms in total. The highest BCUT2D eigenvalue weighted by molar-refractivity contribution is 5.99. The van der Waals surface area contributed by atoms with Gasteiger partial charge in [0.15, 0.2) is 0 Å². The van der Waals surface area contributed by atoms with Crippen molar-refractivity contribution in [3.05, 3.63) is 0 Å². The van der Waals surface area contributed by atoms with E-state index in [2.05, 4.69) is 12.2 Å². The number of piperazine rings is 1. The first kappa shape index (κ1) is 16.3. The summed E-state index contributed by atoms with van der Waals surface area (Å²) in [7, 11) is 0. The topological polar surface area (TPSA) is 49.4 Å². The van der Waals surface area contributed by atoms with Gasteiger partial charge in [-0.1, -0.05) is 40.5 Å². The highest BCUT2D eigenvalue weighted by Crippen LogP contribution is 2.40. The molecule has 1 saturated carbocycles. The van der Waals surface area contributed by atoms with Gasteiger partial charge in [0.2, 0.25) is 11.8 Å². The van der Waals surface area contributed by atoms with Gasteiger partial charge in [-0.25, -0.2) is 0 Å². The molecule has 2 amide bonds. The lowest BCUT2D eigenvalue weighted by Crippen LogP contribution is -2.71. The lowest BCUT2D eigenvalue weighted by molar-refractivity contribution is -0.158. The predicted octanol–water partition coefficient (Wildman–Crippen LogP) is 2.72. The number of carbonyl (C=O) groups excluding carboxylic acids is 2. The van der Waals surface area contributed by atoms with Crippen LogP contribution in [0.25, 0.3) is 0 Å². The van der Waals surface area contributed by atoms with E-state index in [1.807, 2.05) is 32.6 Å². The lowest BCUT2D eigenvalue weighted by atomic mass is 9.83. The summed E-state index contributed by atoms with van der Waals surface area (Å²) in [4.78, 5) is 27.4. The number of hydrogen-bond acceptors (Lipinski definition) is 2. The molecule has 1 heterocycles. The Morgan fingerprint density at radius 1 is 1.24 bits per heavy atom. The quantitative estimate of drug-likeness (QED) is 0.866. The Bertz CT molecular complexity index is 427. The molecule has 1 saturated heterocycles. The average Bonchev–Trinajstić information content (AvgIpc) is 2.82. The van der Waals surface area contributed by atoms with Crippen molar-refractivity contribution in [3.63, 3.8) is 0 Å². The second-order valence-corrected chi connectivity index (χ2v) is 7.81. The molecule has 120 valence electrons. The van der Waals surface area contributed by atoms with Gasteiger partial charge in [-0.05, 0) is 37.5 Å². The van der Waals surface area contributed by atoms with Crippen molar-refractivity contribution in [2.75, 3.05) is 6.54 Å². The normalized spacial score (nSPS) is 32.7. The summed E-state index contributed by atoms with van der Waals surface area (Å²) >= 11 is 0. The molecular formula is C17H30N2O2. The minimum absolute atomic E-state index is 0.00977. The number of amides is 2. The molecule has 0 aromatic heterocycles. The van der Waals surface area contributed by atoms with Crippen LogP contribution in [0.5, 0.6) is 0 Å². The van der Waals surface area contributed by atoms with Crippen LogP contribution in [0, 0.1) is 11.3 Å². The molecule has 0 spiro atoms. The van der Waals surface area contributed by atoms with Gasteiger partial charge in [-0.2, -0.15) is 0 Å². The van der Waals surface area contributed by atoms with Gasteiger partial charge >= 0.3 is 0 Å². The van der Waals surface area contributed by atoms with Gasteiger partial charge in [-0.3, -0.25) is 9.59 Å². The first-order valence-electron chi connectivity index (χ1n) is 8.35. The smallest absolute Gasteiger partial charge is 0.248 e. The zero-order valence-corrected chi connectivity index (χ0v) is 14.2. The fourth-order valence-electron chi connectivity index (χ4n) is 3.85. The van der Waals surface area contributed by atoms with Gasteiger partial charge in [0.05, 0.1) is 0 Å². The van der Waals surface area contributed by atoms with Crippen molar-refractivity contribution < 1.29 is 9.59 Å². The maximum atomic E-state index is 13.0. The first-order chi connectivity index (χ1) is 9.72. The Balaban J connectivity index is 2.30. The molecule has 0 radical (unpaired) electrons. The minimum Gasteiger partial charge on any atom is -0.340 e. The Morgan fingerprint density at radius 3 is 2.29 bits per heavy atom. The summed E-state index contributed by atoms with van der Waals surface area (Å²) < 4.78 is 0. The fourth-order valence-corrected chi connectivity index (χ4v) is 3.85. The molecule has 4 heteroatoms. The van der Waals surface area contributed by atoms with Crippen LogP contribution in [-0.4, -0.2) is 34.8 Å². The summed E-state index contributed by atoms with van der Waals surface area (Å²) in [6, 6.07) is -0.324. The van der Waals surface area contributed by atoms with E-state index in [1.54, 1.807) is 0 Å². The van der Waals surface area contributed by atoms with Crippen LogP contribution in [0.1, 0.15) is 66.7 Å². The van der Waals surface area contributed by atoms with E-state index in [4.69, 9.17) is 0 Å². The number of hydrogen-bond donors (Lipinski definition) is 1. The molecule has 2 rings (SSSR count). The van der Waals surface area contributed by atoms with Crippen molar-refractivity contribution in [2.24, 2.45) is 11.3 Å². The molecule has 21 heavy (non-hydrogen) atoms. The van der Waals surface area contributed by atoms with Crippen molar-refractivity contribution >= 4 is 11.8 Å². The third kappa shape index (κ3) is 2.95. The van der Waals surface area contributed by atoms with E-state index < -0.39 is 5.54 Å². The molecular weight excluding hydrogens is 264 g/mol. The molecule has 0 aromatic rings. The SMILES string of the molecule is CCC1(C)NC(=O)C(C(C)C)N(CC2(C)CCCC2)C1=O. The van der Waals surface area contributed by atoms with Crippen LogP contribution in [0.3, 0.4) is 0 Å². The number of rotatable bonds is 4. The second kappa shape index (κ2) is 5.62. The van der Waals surface area contributed by atoms with Crippen LogP contribution in [0.2, 0.25) is 0 Å². The van der Waals surface area contributed by atoms with Crippen molar-refractivity contribution in [2.45, 2.75) is 78.3 Å². The van der Waals surface area contributed by atoms with Crippen molar-refractivity contribution in [1.82, 2.24) is 10.2 Å². The zero-order chi connectivity index (χ0) is 15.8. The lowest BCUT2D eigenvalue weighted by Gasteiger charge is -2.48. The Labute approximate surface area is 128 Å². The summed E-state index contributed by atoms with van der Waals surface area (Å²) in [5.74, 6) is 0.243. The summed E-state index contributed by atoms with van der Waals surface area (Å²) in [6.45, 7) is 10.8. The highest BCUT2D eigenvalue weighted by atomic mass is 16.2. The second-order valence-electron chi connectivity index (χ2n) is 7.81. The summed E-state index contributed by atoms with van der Waals surface area (Å²) in [6.07, 6.45) is 5.43. The van der Waals surface area contributed by atoms with Gasteiger partial charge in [0.25, 0.3) is 0 Å². The van der Waals surface area contributed by atoms with E-state index in [-0.39, 0.29) is 29.2 Å². The fraction of sp³-hybridized carbons (Fsp3) is 0.882. The summed E-state index contributed by atoms with van der Waals surface area (Å²) in [5, 5.41) is 2.96. The molecule has 1 aliphatic carbocycles. The molecule has 2 aliphatic rings. The number of nitrogens with one attached hydrogen (secondary N) is 1. The van der Waals surface area contributed by atoms with E-state index in [9.17, 15) is 9.59 Å². The van der Waals surface area contributed by atoms with Crippen molar-refractivity contribution in [1.29, 1.82) is 0 Å². The monoisotopic (exact) mass is 294 g/mol. The van der Waals surface area contributed by atoms with Gasteiger partial charge in [0.1, 0.15) is 11.6 Å². The molecule has 0 aromatic carbocycles. The molecule has 1 aliphatic heterocycles. The number of carbonyl (C=O) groups is 2. The third-order valence-electron chi connectivity index (χ3n) is 5.44. The van der Waals surface area contributed by atoms with Crippen LogP contribution in [0.4, 0.5) is 0 Å². The highest BCUT2D eigenvalue weighted by Gasteiger charge is 2.49. The molecule has 0 bridgehead atoms. The largest absolute Gasteiger partial charge is 0.340 e. The molecule has 1 N–H and O–H groups in total. The van der Waals surface area contributed by atoms with Crippen LogP contribution >= 0.6 is 0 Å². The Kier molecular flexibility index (Phi) is 4.36.